The Morgan fingerprint density at radius 2 is 2.11 bits per heavy atom. The first-order valence-corrected chi connectivity index (χ1v) is 5.84. The van der Waals surface area contributed by atoms with Crippen LogP contribution in [-0.2, 0) is 4.79 Å². The Bertz CT molecular complexity index is 472. The number of likely N-dealkylation sites (tertiary alicyclic amines) is 1. The second kappa shape index (κ2) is 4.82. The van der Waals surface area contributed by atoms with Gasteiger partial charge in [-0.2, -0.15) is 0 Å². The predicted molar refractivity (Wildman–Crippen MR) is 69.2 cm³/mol. The number of methoxy groups -OCH3 is 1. The molecule has 0 radical (unpaired) electrons. The molecule has 0 aromatic heterocycles. The maximum atomic E-state index is 11.8. The third kappa shape index (κ3) is 2.71. The topological polar surface area (TPSA) is 49.8 Å². The molecule has 1 aliphatic heterocycles. The summed E-state index contributed by atoms with van der Waals surface area (Å²) in [5.74, 6) is 0.643. The highest BCUT2D eigenvalue weighted by molar-refractivity contribution is 5.92. The van der Waals surface area contributed by atoms with Gasteiger partial charge < -0.3 is 14.7 Å². The van der Waals surface area contributed by atoms with Crippen LogP contribution in [0.2, 0.25) is 0 Å². The summed E-state index contributed by atoms with van der Waals surface area (Å²) in [4.78, 5) is 13.4. The van der Waals surface area contributed by atoms with E-state index in [9.17, 15) is 9.90 Å². The van der Waals surface area contributed by atoms with Crippen molar-refractivity contribution in [3.63, 3.8) is 0 Å². The van der Waals surface area contributed by atoms with Crippen LogP contribution in [0.4, 0.5) is 0 Å². The van der Waals surface area contributed by atoms with E-state index >= 15 is 0 Å². The van der Waals surface area contributed by atoms with Crippen molar-refractivity contribution in [2.24, 2.45) is 0 Å². The molecule has 1 heterocycles. The number of amides is 1. The quantitative estimate of drug-likeness (QED) is 0.819. The Balaban J connectivity index is 2.01. The van der Waals surface area contributed by atoms with Gasteiger partial charge in [-0.25, -0.2) is 0 Å². The third-order valence-electron chi connectivity index (χ3n) is 2.92. The second-order valence-electron chi connectivity index (χ2n) is 4.77. The molecule has 4 heteroatoms. The largest absolute Gasteiger partial charge is 0.496 e. The van der Waals surface area contributed by atoms with Crippen LogP contribution in [0.15, 0.2) is 30.3 Å². The standard InChI is InChI=1S/C14H17NO3/c1-14(17)9-15(10-14)13(16)8-7-11-5-3-4-6-12(11)18-2/h3-8,17H,9-10H2,1-2H3. The number of hydrogen-bond donors (Lipinski definition) is 1. The van der Waals surface area contributed by atoms with Gasteiger partial charge in [0.25, 0.3) is 0 Å². The van der Waals surface area contributed by atoms with Gasteiger partial charge >= 0.3 is 0 Å². The lowest BCUT2D eigenvalue weighted by Crippen LogP contribution is -2.61. The number of benzene rings is 1. The molecule has 1 fully saturated rings. The van der Waals surface area contributed by atoms with Crippen LogP contribution in [0.5, 0.6) is 5.75 Å². The molecule has 4 nitrogen and oxygen atoms in total. The molecule has 0 bridgehead atoms. The summed E-state index contributed by atoms with van der Waals surface area (Å²) >= 11 is 0. The van der Waals surface area contributed by atoms with Crippen LogP contribution in [0, 0.1) is 0 Å². The van der Waals surface area contributed by atoms with Crippen LogP contribution in [-0.4, -0.2) is 41.7 Å². The number of para-hydroxylation sites is 1. The number of hydrogen-bond acceptors (Lipinski definition) is 3. The Morgan fingerprint density at radius 3 is 2.72 bits per heavy atom. The fourth-order valence-corrected chi connectivity index (χ4v) is 2.00. The maximum Gasteiger partial charge on any atom is 0.246 e. The molecule has 1 aliphatic rings. The van der Waals surface area contributed by atoms with E-state index in [1.54, 1.807) is 25.0 Å². The average molecular weight is 247 g/mol. The predicted octanol–water partition coefficient (Wildman–Crippen LogP) is 1.30. The Kier molecular flexibility index (Phi) is 3.39. The number of carbonyl (C=O) groups excluding carboxylic acids is 1. The molecule has 1 amide bonds. The van der Waals surface area contributed by atoms with Crippen molar-refractivity contribution in [2.45, 2.75) is 12.5 Å². The summed E-state index contributed by atoms with van der Waals surface area (Å²) < 4.78 is 5.20. The number of carbonyl (C=O) groups is 1. The van der Waals surface area contributed by atoms with Crippen LogP contribution in [0.25, 0.3) is 6.08 Å². The van der Waals surface area contributed by atoms with Gasteiger partial charge in [-0.1, -0.05) is 18.2 Å². The minimum Gasteiger partial charge on any atom is -0.496 e. The lowest BCUT2D eigenvalue weighted by atomic mass is 9.97. The molecule has 0 atom stereocenters. The van der Waals surface area contributed by atoms with Gasteiger partial charge in [0.15, 0.2) is 0 Å². The summed E-state index contributed by atoms with van der Waals surface area (Å²) in [7, 11) is 1.60. The molecule has 96 valence electrons. The Labute approximate surface area is 106 Å². The van der Waals surface area contributed by atoms with Crippen molar-refractivity contribution < 1.29 is 14.6 Å². The van der Waals surface area contributed by atoms with Crippen molar-refractivity contribution >= 4 is 12.0 Å². The van der Waals surface area contributed by atoms with Gasteiger partial charge in [0, 0.05) is 11.6 Å². The lowest BCUT2D eigenvalue weighted by Gasteiger charge is -2.43. The zero-order valence-electron chi connectivity index (χ0n) is 10.6. The summed E-state index contributed by atoms with van der Waals surface area (Å²) in [5, 5.41) is 9.56. The van der Waals surface area contributed by atoms with Gasteiger partial charge in [0.2, 0.25) is 5.91 Å². The van der Waals surface area contributed by atoms with Gasteiger partial charge in [-0.15, -0.1) is 0 Å². The molecule has 1 N–H and O–H groups in total. The molecule has 0 aliphatic carbocycles. The normalized spacial score (nSPS) is 17.6. The van der Waals surface area contributed by atoms with E-state index < -0.39 is 5.60 Å². The molecule has 0 unspecified atom stereocenters. The number of rotatable bonds is 3. The van der Waals surface area contributed by atoms with E-state index in [0.29, 0.717) is 13.1 Å². The molecular formula is C14H17NO3. The van der Waals surface area contributed by atoms with Gasteiger partial charge in [-0.3, -0.25) is 4.79 Å². The molecule has 18 heavy (non-hydrogen) atoms. The minimum absolute atomic E-state index is 0.0903. The van der Waals surface area contributed by atoms with Crippen molar-refractivity contribution in [1.82, 2.24) is 4.90 Å². The van der Waals surface area contributed by atoms with E-state index in [1.807, 2.05) is 24.3 Å². The van der Waals surface area contributed by atoms with E-state index in [2.05, 4.69) is 0 Å². The van der Waals surface area contributed by atoms with Crippen LogP contribution in [0.1, 0.15) is 12.5 Å². The monoisotopic (exact) mass is 247 g/mol. The van der Waals surface area contributed by atoms with E-state index in [1.165, 1.54) is 6.08 Å². The fourth-order valence-electron chi connectivity index (χ4n) is 2.00. The Hall–Kier alpha value is -1.81. The molecule has 1 aromatic carbocycles. The van der Waals surface area contributed by atoms with E-state index in [-0.39, 0.29) is 5.91 Å². The maximum absolute atomic E-state index is 11.8. The number of aliphatic hydroxyl groups is 1. The number of nitrogens with zero attached hydrogens (tertiary/aromatic N) is 1. The van der Waals surface area contributed by atoms with E-state index in [0.717, 1.165) is 11.3 Å². The zero-order chi connectivity index (χ0) is 13.2. The zero-order valence-corrected chi connectivity index (χ0v) is 10.6. The third-order valence-corrected chi connectivity index (χ3v) is 2.92. The molecule has 1 aromatic rings. The number of ether oxygens (including phenoxy) is 1. The van der Waals surface area contributed by atoms with Crippen molar-refractivity contribution in [3.8, 4) is 5.75 Å². The van der Waals surface area contributed by atoms with Crippen LogP contribution < -0.4 is 4.74 Å². The SMILES string of the molecule is COc1ccccc1C=CC(=O)N1CC(C)(O)C1. The van der Waals surface area contributed by atoms with E-state index in [4.69, 9.17) is 4.74 Å². The summed E-state index contributed by atoms with van der Waals surface area (Å²) in [6.07, 6.45) is 3.24. The average Bonchev–Trinajstić information content (AvgIpc) is 2.33. The second-order valence-corrected chi connectivity index (χ2v) is 4.77. The highest BCUT2D eigenvalue weighted by Crippen LogP contribution is 2.21. The highest BCUT2D eigenvalue weighted by atomic mass is 16.5. The van der Waals surface area contributed by atoms with Crippen molar-refractivity contribution in [3.05, 3.63) is 35.9 Å². The first kappa shape index (κ1) is 12.6. The lowest BCUT2D eigenvalue weighted by molar-refractivity contribution is -0.146. The molecule has 0 saturated carbocycles. The van der Waals surface area contributed by atoms with Gasteiger partial charge in [-0.05, 0) is 19.1 Å². The summed E-state index contributed by atoms with van der Waals surface area (Å²) in [6.45, 7) is 2.50. The smallest absolute Gasteiger partial charge is 0.246 e. The molecule has 0 spiro atoms. The van der Waals surface area contributed by atoms with Crippen molar-refractivity contribution in [1.29, 1.82) is 0 Å². The first-order valence-electron chi connectivity index (χ1n) is 5.84. The van der Waals surface area contributed by atoms with Gasteiger partial charge in [0.05, 0.1) is 25.8 Å². The summed E-state index contributed by atoms with van der Waals surface area (Å²) in [6, 6.07) is 7.50. The minimum atomic E-state index is -0.728. The van der Waals surface area contributed by atoms with Gasteiger partial charge in [0.1, 0.15) is 5.75 Å². The summed E-state index contributed by atoms with van der Waals surface area (Å²) in [5.41, 5.74) is 0.133. The van der Waals surface area contributed by atoms with Crippen LogP contribution >= 0.6 is 0 Å². The molecular weight excluding hydrogens is 230 g/mol. The highest BCUT2D eigenvalue weighted by Gasteiger charge is 2.38. The Morgan fingerprint density at radius 1 is 1.44 bits per heavy atom. The molecule has 1 saturated heterocycles. The first-order chi connectivity index (χ1) is 8.52. The molecule has 2 rings (SSSR count). The van der Waals surface area contributed by atoms with Crippen LogP contribution in [0.3, 0.4) is 0 Å². The number of β-amino-alcohol motifs (C(OH)–C–C–N with tert-alkyl or cyclic N) is 1. The fraction of sp³-hybridized carbons (Fsp3) is 0.357. The van der Waals surface area contributed by atoms with Crippen molar-refractivity contribution in [2.75, 3.05) is 20.2 Å².